The average molecular weight is 827 g/mol. The molecule has 0 aromatic heterocycles. The second kappa shape index (κ2) is 28.2. The first kappa shape index (κ1) is 49.0. The van der Waals surface area contributed by atoms with Crippen LogP contribution in [-0.2, 0) is 24.5 Å². The van der Waals surface area contributed by atoms with Gasteiger partial charge in [-0.1, -0.05) is 111 Å². The standard InChI is InChI=1S/C50H66O10/c1-6-46(51)57-36-22-18-14-10-8-12-16-20-34-55-41-28-24-39(25-29-41)48(53)59-43-32-33-45(44(38-43)50(3,4)5)60-49(54)40-26-30-42(31-27-40)56-35-21-17-13-9-11-15-19-23-37-58-47(52)7-2/h6-7,24-33,38H,1-2,8-23,34-37H2,3-5H3. The fourth-order valence-corrected chi connectivity index (χ4v) is 6.32. The molecule has 0 atom stereocenters. The van der Waals surface area contributed by atoms with Gasteiger partial charge < -0.3 is 28.4 Å². The first-order chi connectivity index (χ1) is 29.0. The fourth-order valence-electron chi connectivity index (χ4n) is 6.32. The van der Waals surface area contributed by atoms with E-state index in [1.165, 1.54) is 37.8 Å². The van der Waals surface area contributed by atoms with Crippen molar-refractivity contribution in [3.63, 3.8) is 0 Å². The molecule has 60 heavy (non-hydrogen) atoms. The van der Waals surface area contributed by atoms with E-state index in [4.69, 9.17) is 28.4 Å². The van der Waals surface area contributed by atoms with Gasteiger partial charge in [0.05, 0.1) is 37.6 Å². The maximum Gasteiger partial charge on any atom is 0.343 e. The summed E-state index contributed by atoms with van der Waals surface area (Å²) in [4.78, 5) is 48.3. The molecule has 0 aliphatic heterocycles. The third kappa shape index (κ3) is 20.1. The molecule has 0 amide bonds. The normalized spacial score (nSPS) is 11.0. The summed E-state index contributed by atoms with van der Waals surface area (Å²) >= 11 is 0. The second-order valence-electron chi connectivity index (χ2n) is 15.8. The van der Waals surface area contributed by atoms with Gasteiger partial charge in [-0.25, -0.2) is 19.2 Å². The Kier molecular flexibility index (Phi) is 23.0. The minimum atomic E-state index is -0.500. The van der Waals surface area contributed by atoms with E-state index < -0.39 is 17.4 Å². The monoisotopic (exact) mass is 826 g/mol. The van der Waals surface area contributed by atoms with E-state index in [1.54, 1.807) is 66.7 Å². The van der Waals surface area contributed by atoms with Gasteiger partial charge in [0.1, 0.15) is 23.0 Å². The second-order valence-corrected chi connectivity index (χ2v) is 15.8. The molecule has 10 heteroatoms. The zero-order valence-electron chi connectivity index (χ0n) is 36.1. The van der Waals surface area contributed by atoms with Crippen LogP contribution in [0, 0.1) is 0 Å². The summed E-state index contributed by atoms with van der Waals surface area (Å²) in [6, 6.07) is 18.9. The molecule has 3 aromatic carbocycles. The SMILES string of the molecule is C=CC(=O)OCCCCCCCCCCOc1ccc(C(=O)Oc2ccc(OC(=O)c3ccc(OCCCCCCCCCCOC(=O)C=C)cc3)c(C(C)(C)C)c2)cc1. The Morgan fingerprint density at radius 3 is 1.20 bits per heavy atom. The summed E-state index contributed by atoms with van der Waals surface area (Å²) in [6.45, 7) is 14.9. The third-order valence-electron chi connectivity index (χ3n) is 9.79. The Labute approximate surface area is 357 Å². The molecule has 0 saturated carbocycles. The van der Waals surface area contributed by atoms with Crippen LogP contribution in [-0.4, -0.2) is 50.3 Å². The van der Waals surface area contributed by atoms with E-state index in [0.29, 0.717) is 60.6 Å². The number of rotatable bonds is 30. The number of hydrogen-bond acceptors (Lipinski definition) is 10. The van der Waals surface area contributed by atoms with Crippen molar-refractivity contribution in [3.05, 3.63) is 109 Å². The Hall–Kier alpha value is -5.38. The zero-order valence-corrected chi connectivity index (χ0v) is 36.1. The maximum atomic E-state index is 13.2. The molecule has 10 nitrogen and oxygen atoms in total. The van der Waals surface area contributed by atoms with E-state index in [-0.39, 0.29) is 11.9 Å². The van der Waals surface area contributed by atoms with Gasteiger partial charge >= 0.3 is 23.9 Å². The van der Waals surface area contributed by atoms with E-state index in [2.05, 4.69) is 13.2 Å². The summed E-state index contributed by atoms with van der Waals surface area (Å²) in [5.74, 6) is 0.414. The van der Waals surface area contributed by atoms with Crippen LogP contribution in [0.15, 0.2) is 92.0 Å². The van der Waals surface area contributed by atoms with Gasteiger partial charge in [-0.05, 0) is 97.8 Å². The molecule has 326 valence electrons. The first-order valence-corrected chi connectivity index (χ1v) is 21.6. The van der Waals surface area contributed by atoms with Crippen LogP contribution in [0.4, 0.5) is 0 Å². The van der Waals surface area contributed by atoms with Gasteiger partial charge in [0.2, 0.25) is 0 Å². The third-order valence-corrected chi connectivity index (χ3v) is 9.79. The lowest BCUT2D eigenvalue weighted by molar-refractivity contribution is -0.138. The molecule has 3 aromatic rings. The molecule has 0 N–H and O–H groups in total. The number of esters is 4. The zero-order chi connectivity index (χ0) is 43.4. The topological polar surface area (TPSA) is 124 Å². The quantitative estimate of drug-likeness (QED) is 0.0278. The van der Waals surface area contributed by atoms with Crippen LogP contribution < -0.4 is 18.9 Å². The van der Waals surface area contributed by atoms with E-state index in [9.17, 15) is 19.2 Å². The highest BCUT2D eigenvalue weighted by Gasteiger charge is 2.23. The van der Waals surface area contributed by atoms with Crippen molar-refractivity contribution in [2.24, 2.45) is 0 Å². The highest BCUT2D eigenvalue weighted by atomic mass is 16.5. The van der Waals surface area contributed by atoms with Crippen molar-refractivity contribution in [1.82, 2.24) is 0 Å². The van der Waals surface area contributed by atoms with E-state index in [0.717, 1.165) is 82.6 Å². The summed E-state index contributed by atoms with van der Waals surface area (Å²) in [7, 11) is 0. The molecule has 0 spiro atoms. The van der Waals surface area contributed by atoms with Crippen molar-refractivity contribution in [2.75, 3.05) is 26.4 Å². The average Bonchev–Trinajstić information content (AvgIpc) is 3.24. The number of unbranched alkanes of at least 4 members (excludes halogenated alkanes) is 14. The Morgan fingerprint density at radius 1 is 0.467 bits per heavy atom. The van der Waals surface area contributed by atoms with Crippen molar-refractivity contribution in [1.29, 1.82) is 0 Å². The van der Waals surface area contributed by atoms with E-state index >= 15 is 0 Å². The summed E-state index contributed by atoms with van der Waals surface area (Å²) in [5, 5.41) is 0. The number of carbonyl (C=O) groups is 4. The minimum absolute atomic E-state index is 0.348. The molecule has 0 bridgehead atoms. The first-order valence-electron chi connectivity index (χ1n) is 21.6. The van der Waals surface area contributed by atoms with Crippen LogP contribution in [0.5, 0.6) is 23.0 Å². The van der Waals surface area contributed by atoms with Crippen molar-refractivity contribution >= 4 is 23.9 Å². The largest absolute Gasteiger partial charge is 0.494 e. The number of benzene rings is 3. The van der Waals surface area contributed by atoms with Crippen molar-refractivity contribution < 1.29 is 47.6 Å². The highest BCUT2D eigenvalue weighted by Crippen LogP contribution is 2.35. The maximum absolute atomic E-state index is 13.2. The number of hydrogen-bond donors (Lipinski definition) is 0. The predicted octanol–water partition coefficient (Wildman–Crippen LogP) is 11.9. The van der Waals surface area contributed by atoms with Crippen LogP contribution in [0.25, 0.3) is 0 Å². The summed E-state index contributed by atoms with van der Waals surface area (Å²) in [6.07, 6.45) is 19.6. The lowest BCUT2D eigenvalue weighted by Gasteiger charge is -2.23. The Bertz CT molecular complexity index is 1750. The molecule has 0 aliphatic carbocycles. The number of ether oxygens (including phenoxy) is 6. The lowest BCUT2D eigenvalue weighted by atomic mass is 9.86. The van der Waals surface area contributed by atoms with Gasteiger partial charge in [-0.15, -0.1) is 0 Å². The van der Waals surface area contributed by atoms with Crippen LogP contribution in [0.3, 0.4) is 0 Å². The molecular weight excluding hydrogens is 761 g/mol. The molecule has 0 fully saturated rings. The summed E-state index contributed by atoms with van der Waals surface area (Å²) in [5.41, 5.74) is 1.10. The molecule has 0 aliphatic rings. The molecule has 0 unspecified atom stereocenters. The van der Waals surface area contributed by atoms with Crippen molar-refractivity contribution in [3.8, 4) is 23.0 Å². The van der Waals surface area contributed by atoms with Crippen LogP contribution >= 0.6 is 0 Å². The Morgan fingerprint density at radius 2 is 0.817 bits per heavy atom. The van der Waals surface area contributed by atoms with E-state index in [1.807, 2.05) is 20.8 Å². The van der Waals surface area contributed by atoms with Gasteiger partial charge in [0.15, 0.2) is 0 Å². The molecule has 0 heterocycles. The fraction of sp³-hybridized carbons (Fsp3) is 0.480. The van der Waals surface area contributed by atoms with Crippen LogP contribution in [0.1, 0.15) is 150 Å². The summed E-state index contributed by atoms with van der Waals surface area (Å²) < 4.78 is 33.4. The smallest absolute Gasteiger partial charge is 0.343 e. The molecule has 0 radical (unpaired) electrons. The molecule has 0 saturated heterocycles. The lowest BCUT2D eigenvalue weighted by Crippen LogP contribution is -2.17. The molecule has 3 rings (SSSR count). The minimum Gasteiger partial charge on any atom is -0.494 e. The Balaban J connectivity index is 1.35. The predicted molar refractivity (Wildman–Crippen MR) is 235 cm³/mol. The van der Waals surface area contributed by atoms with Crippen LogP contribution in [0.2, 0.25) is 0 Å². The highest BCUT2D eigenvalue weighted by molar-refractivity contribution is 5.92. The number of carbonyl (C=O) groups excluding carboxylic acids is 4. The van der Waals surface area contributed by atoms with Gasteiger partial charge in [-0.3, -0.25) is 0 Å². The van der Waals surface area contributed by atoms with Crippen molar-refractivity contribution in [2.45, 2.75) is 129 Å². The van der Waals surface area contributed by atoms with Gasteiger partial charge in [-0.2, -0.15) is 0 Å². The molecular formula is C50H66O10. The van der Waals surface area contributed by atoms with Gasteiger partial charge in [0.25, 0.3) is 0 Å². The van der Waals surface area contributed by atoms with Gasteiger partial charge in [0, 0.05) is 17.7 Å².